The van der Waals surface area contributed by atoms with E-state index in [1.165, 1.54) is 0 Å². The van der Waals surface area contributed by atoms with Gasteiger partial charge in [0.2, 0.25) is 0 Å². The topological polar surface area (TPSA) is 9.23 Å². The fraction of sp³-hybridized carbons (Fsp3) is 0. The first-order valence-corrected chi connectivity index (χ1v) is 0.926. The fourth-order valence-corrected chi connectivity index (χ4v) is 0. The van der Waals surface area contributed by atoms with Crippen LogP contribution in [0.3, 0.4) is 0 Å². The molecule has 5 heteroatoms. The molecule has 0 rings (SSSR count). The zero-order valence-corrected chi connectivity index (χ0v) is 5.42. The molecular weight excluding hydrogens is 183 g/mol. The second-order valence-corrected chi connectivity index (χ2v) is 0.525. The van der Waals surface area contributed by atoms with Crippen molar-refractivity contribution in [2.24, 2.45) is 0 Å². The van der Waals surface area contributed by atoms with Crippen molar-refractivity contribution in [3.8, 4) is 0 Å². The molecule has 5 heavy (non-hydrogen) atoms. The van der Waals surface area contributed by atoms with Gasteiger partial charge in [-0.1, -0.05) is 0 Å². The van der Waals surface area contributed by atoms with Crippen LogP contribution in [-0.4, -0.2) is 0 Å². The third-order valence-corrected chi connectivity index (χ3v) is 0. The van der Waals surface area contributed by atoms with Crippen molar-refractivity contribution in [2.45, 2.75) is 0 Å². The molecule has 0 aliphatic heterocycles. The summed E-state index contributed by atoms with van der Waals surface area (Å²) in [5, 5.41) is 0. The van der Waals surface area contributed by atoms with E-state index in [0.29, 0.717) is 0 Å². The Bertz CT molecular complexity index is 9.61. The van der Waals surface area contributed by atoms with E-state index in [9.17, 15) is 0 Å². The molecule has 0 saturated heterocycles. The van der Waals surface area contributed by atoms with E-state index in [1.54, 1.807) is 0 Å². The summed E-state index contributed by atoms with van der Waals surface area (Å²) in [5.41, 5.74) is 0. The first-order valence-electron chi connectivity index (χ1n) is 0.309. The molecule has 0 aliphatic carbocycles. The fourth-order valence-electron chi connectivity index (χ4n) is 0. The molecule has 1 radical (unpaired) electrons. The van der Waals surface area contributed by atoms with Crippen LogP contribution >= 0.6 is 37.2 Å². The van der Waals surface area contributed by atoms with Crippen molar-refractivity contribution in [1.82, 2.24) is 0 Å². The van der Waals surface area contributed by atoms with Gasteiger partial charge in [-0.25, -0.2) is 0 Å². The Morgan fingerprint density at radius 3 is 1.20 bits per heavy atom. The van der Waals surface area contributed by atoms with E-state index < -0.39 is 0 Å². The number of hydrogen-bond acceptors (Lipinski definition) is 1. The Morgan fingerprint density at radius 1 is 1.20 bits per heavy atom. The Labute approximate surface area is 58.2 Å². The number of rotatable bonds is 0. The zero-order valence-electron chi connectivity index (χ0n) is 1.97. The van der Waals surface area contributed by atoms with E-state index in [2.05, 4.69) is 27.6 Å². The molecule has 0 unspecified atom stereocenters. The van der Waals surface area contributed by atoms with Gasteiger partial charge in [0.15, 0.2) is 0 Å². The Morgan fingerprint density at radius 2 is 1.20 bits per heavy atom. The van der Waals surface area contributed by atoms with Gasteiger partial charge in [-0.15, -0.1) is 0 Å². The molecule has 0 heterocycles. The predicted octanol–water partition coefficient (Wildman–Crippen LogP) is 1.42. The molecule has 0 amide bonds. The Hall–Kier alpha value is 1.41. The number of halogens is 2. The van der Waals surface area contributed by atoms with Gasteiger partial charge in [-0.3, -0.25) is 0 Å². The second kappa shape index (κ2) is 18.1. The summed E-state index contributed by atoms with van der Waals surface area (Å²) in [6.07, 6.45) is 0. The zero-order chi connectivity index (χ0) is 2.71. The summed E-state index contributed by atoms with van der Waals surface area (Å²) < 4.78 is 3.19. The minimum atomic E-state index is 0. The van der Waals surface area contributed by atoms with E-state index in [-0.39, 0.29) is 30.6 Å². The SMILES string of the molecule is ClOCl.S.[Cu]. The van der Waals surface area contributed by atoms with Crippen LogP contribution in [0, 0.1) is 0 Å². The molecule has 0 bridgehead atoms. The second-order valence-electron chi connectivity index (χ2n) is 0.0583. The van der Waals surface area contributed by atoms with Gasteiger partial charge in [-0.05, 0) is 0 Å². The van der Waals surface area contributed by atoms with Gasteiger partial charge < -0.3 is 0 Å². The van der Waals surface area contributed by atoms with E-state index in [1.807, 2.05) is 0 Å². The van der Waals surface area contributed by atoms with Gasteiger partial charge in [-0.2, -0.15) is 17.3 Å². The summed E-state index contributed by atoms with van der Waals surface area (Å²) in [7, 11) is 0. The monoisotopic (exact) mass is 183 g/mol. The van der Waals surface area contributed by atoms with Gasteiger partial charge in [0, 0.05) is 17.1 Å². The maximum Gasteiger partial charge on any atom is 0.0832 e. The van der Waals surface area contributed by atoms with E-state index >= 15 is 0 Å². The first kappa shape index (κ1) is 16.1. The van der Waals surface area contributed by atoms with Crippen LogP contribution < -0.4 is 0 Å². The molecule has 0 atom stereocenters. The molecule has 1 nitrogen and oxygen atoms in total. The standard InChI is InChI=1S/Cl2O.Cu.H2S/c1-3-2;;/h;;1H2. The molecule has 0 fully saturated rings. The third kappa shape index (κ3) is 31.7. The quantitative estimate of drug-likeness (QED) is 0.518. The van der Waals surface area contributed by atoms with Crippen molar-refractivity contribution in [2.75, 3.05) is 0 Å². The van der Waals surface area contributed by atoms with E-state index in [0.717, 1.165) is 0 Å². The van der Waals surface area contributed by atoms with Crippen LogP contribution in [0.2, 0.25) is 0 Å². The summed E-state index contributed by atoms with van der Waals surface area (Å²) in [4.78, 5) is 0. The van der Waals surface area contributed by atoms with Crippen LogP contribution in [0.25, 0.3) is 0 Å². The maximum absolute atomic E-state index is 4.26. The van der Waals surface area contributed by atoms with Crippen molar-refractivity contribution < 1.29 is 20.9 Å². The first-order chi connectivity index (χ1) is 1.41. The predicted molar refractivity (Wildman–Crippen MR) is 23.2 cm³/mol. The van der Waals surface area contributed by atoms with Gasteiger partial charge in [0.1, 0.15) is 0 Å². The molecule has 0 aliphatic rings. The molecule has 0 N–H and O–H groups in total. The van der Waals surface area contributed by atoms with Crippen LogP contribution in [0.1, 0.15) is 0 Å². The van der Waals surface area contributed by atoms with Crippen molar-refractivity contribution >= 4 is 37.2 Å². The summed E-state index contributed by atoms with van der Waals surface area (Å²) >= 11 is 8.53. The maximum atomic E-state index is 4.26. The minimum absolute atomic E-state index is 0. The van der Waals surface area contributed by atoms with Gasteiger partial charge in [0.25, 0.3) is 0 Å². The van der Waals surface area contributed by atoms with Crippen LogP contribution in [0.5, 0.6) is 0 Å². The molecule has 0 saturated carbocycles. The summed E-state index contributed by atoms with van der Waals surface area (Å²) in [6, 6.07) is 0. The Kier molecular flexibility index (Phi) is 58.5. The third-order valence-electron chi connectivity index (χ3n) is 0. The molecule has 39 valence electrons. The summed E-state index contributed by atoms with van der Waals surface area (Å²) in [6.45, 7) is 0. The van der Waals surface area contributed by atoms with Crippen LogP contribution in [0.4, 0.5) is 0 Å². The summed E-state index contributed by atoms with van der Waals surface area (Å²) in [5.74, 6) is 0. The van der Waals surface area contributed by atoms with Crippen molar-refractivity contribution in [1.29, 1.82) is 0 Å². The molecular formula is H2Cl2CuOS. The largest absolute Gasteiger partial charge is 0.197 e. The van der Waals surface area contributed by atoms with Crippen LogP contribution in [-0.2, 0) is 20.9 Å². The normalized spacial score (nSPS) is 3.60. The molecule has 0 aromatic rings. The Balaban J connectivity index is -0.0000000200. The smallest absolute Gasteiger partial charge is 0.0832 e. The number of hydrogen-bond donors (Lipinski definition) is 0. The van der Waals surface area contributed by atoms with Gasteiger partial charge in [0.05, 0.1) is 23.7 Å². The van der Waals surface area contributed by atoms with Crippen LogP contribution in [0.15, 0.2) is 0 Å². The van der Waals surface area contributed by atoms with E-state index in [4.69, 9.17) is 0 Å². The minimum Gasteiger partial charge on any atom is -0.197 e. The van der Waals surface area contributed by atoms with Crippen molar-refractivity contribution in [3.05, 3.63) is 0 Å². The van der Waals surface area contributed by atoms with Gasteiger partial charge >= 0.3 is 0 Å². The average molecular weight is 185 g/mol. The van der Waals surface area contributed by atoms with Crippen molar-refractivity contribution in [3.63, 3.8) is 0 Å². The molecule has 0 spiro atoms. The molecule has 0 aromatic carbocycles. The molecule has 0 aromatic heterocycles. The average Bonchev–Trinajstić information content (AvgIpc) is 0.918.